The van der Waals surface area contributed by atoms with Crippen molar-refractivity contribution in [1.29, 1.82) is 0 Å². The maximum atomic E-state index is 13.6. The van der Waals surface area contributed by atoms with Gasteiger partial charge in [0.1, 0.15) is 6.04 Å². The highest BCUT2D eigenvalue weighted by Crippen LogP contribution is 2.39. The van der Waals surface area contributed by atoms with Gasteiger partial charge < -0.3 is 34.4 Å². The molecular weight excluding hydrogens is 610 g/mol. The van der Waals surface area contributed by atoms with Crippen LogP contribution in [0.5, 0.6) is 5.88 Å². The van der Waals surface area contributed by atoms with E-state index in [-0.39, 0.29) is 63.8 Å². The van der Waals surface area contributed by atoms with Crippen LogP contribution in [-0.4, -0.2) is 106 Å². The quantitative estimate of drug-likeness (QED) is 0.327. The Morgan fingerprint density at radius 2 is 1.69 bits per heavy atom. The fraction of sp³-hybridized carbons (Fsp3) is 0.533. The molecule has 2 heterocycles. The highest BCUT2D eigenvalue weighted by Gasteiger charge is 2.49. The average molecular weight is 648 g/mol. The molecule has 1 atom stereocenters. The summed E-state index contributed by atoms with van der Waals surface area (Å²) < 4.78 is 17.8. The summed E-state index contributed by atoms with van der Waals surface area (Å²) in [6, 6.07) is 5.33. The number of carbonyl (C=O) groups is 5. The fourth-order valence-corrected chi connectivity index (χ4v) is 5.23. The van der Waals surface area contributed by atoms with Gasteiger partial charge in [-0.25, -0.2) is 14.3 Å². The molecule has 4 rings (SSSR count). The minimum atomic E-state index is -1.23. The number of carbonyl (C=O) groups excluding carboxylic acids is 4. The highest BCUT2D eigenvalue weighted by molar-refractivity contribution is 6.31. The number of nitrogens with one attached hydrogen (secondary N) is 1. The number of benzene rings is 1. The van der Waals surface area contributed by atoms with E-state index in [2.05, 4.69) is 10.4 Å². The van der Waals surface area contributed by atoms with Gasteiger partial charge in [-0.3, -0.25) is 14.4 Å². The number of hydrogen-bond donors (Lipinski definition) is 2. The molecular formula is C30H38ClN5O9. The zero-order chi connectivity index (χ0) is 32.7. The van der Waals surface area contributed by atoms with Gasteiger partial charge in [0.15, 0.2) is 5.69 Å². The first-order valence-electron chi connectivity index (χ1n) is 14.9. The van der Waals surface area contributed by atoms with Crippen molar-refractivity contribution in [2.75, 3.05) is 39.4 Å². The van der Waals surface area contributed by atoms with E-state index in [9.17, 15) is 29.1 Å². The lowest BCUT2D eigenvalue weighted by atomic mass is 9.80. The molecule has 2 aliphatic rings. The summed E-state index contributed by atoms with van der Waals surface area (Å²) in [6.45, 7) is 6.48. The number of amides is 3. The highest BCUT2D eigenvalue weighted by atomic mass is 35.5. The van der Waals surface area contributed by atoms with E-state index in [1.165, 1.54) is 20.5 Å². The van der Waals surface area contributed by atoms with E-state index in [1.807, 2.05) is 6.92 Å². The Bertz CT molecular complexity index is 1430. The van der Waals surface area contributed by atoms with Gasteiger partial charge in [-0.05, 0) is 64.2 Å². The third kappa shape index (κ3) is 7.85. The second-order valence-electron chi connectivity index (χ2n) is 10.9. The SMILES string of the molecule is CCOC(=O)N1CCN(C(=O)[C@H](CCC(=O)O)NC(=O)c2cc(OC3(C(=O)OCC)CCC3)n(-c3ccc(C)c(Cl)c3)n2)CC1. The van der Waals surface area contributed by atoms with Crippen molar-refractivity contribution in [1.82, 2.24) is 24.9 Å². The van der Waals surface area contributed by atoms with Gasteiger partial charge in [-0.2, -0.15) is 5.10 Å². The van der Waals surface area contributed by atoms with Gasteiger partial charge in [0.05, 0.1) is 18.9 Å². The summed E-state index contributed by atoms with van der Waals surface area (Å²) in [4.78, 5) is 66.3. The number of aliphatic carboxylic acids is 1. The molecule has 2 fully saturated rings. The number of ether oxygens (including phenoxy) is 3. The van der Waals surface area contributed by atoms with Crippen molar-refractivity contribution in [2.45, 2.75) is 64.5 Å². The number of esters is 1. The molecule has 0 bridgehead atoms. The van der Waals surface area contributed by atoms with Crippen LogP contribution in [0.2, 0.25) is 5.02 Å². The molecule has 14 nitrogen and oxygen atoms in total. The number of hydrogen-bond acceptors (Lipinski definition) is 9. The normalized spacial score (nSPS) is 16.3. The predicted molar refractivity (Wildman–Crippen MR) is 160 cm³/mol. The third-order valence-electron chi connectivity index (χ3n) is 7.79. The minimum Gasteiger partial charge on any atom is -0.481 e. The summed E-state index contributed by atoms with van der Waals surface area (Å²) in [5, 5.41) is 16.8. The van der Waals surface area contributed by atoms with Crippen LogP contribution in [0.4, 0.5) is 4.79 Å². The lowest BCUT2D eigenvalue weighted by molar-refractivity contribution is -0.170. The smallest absolute Gasteiger partial charge is 0.409 e. The van der Waals surface area contributed by atoms with E-state index >= 15 is 0 Å². The van der Waals surface area contributed by atoms with Gasteiger partial charge >= 0.3 is 18.0 Å². The molecule has 0 unspecified atom stereocenters. The average Bonchev–Trinajstić information content (AvgIpc) is 3.42. The summed E-state index contributed by atoms with van der Waals surface area (Å²) in [5.41, 5.74) is -0.0732. The molecule has 3 amide bonds. The molecule has 0 spiro atoms. The maximum absolute atomic E-state index is 13.6. The van der Waals surface area contributed by atoms with Crippen molar-refractivity contribution in [3.63, 3.8) is 0 Å². The van der Waals surface area contributed by atoms with Gasteiger partial charge in [0.25, 0.3) is 5.91 Å². The van der Waals surface area contributed by atoms with Crippen molar-refractivity contribution < 1.29 is 43.3 Å². The molecule has 1 saturated carbocycles. The summed E-state index contributed by atoms with van der Waals surface area (Å²) in [7, 11) is 0. The van der Waals surface area contributed by atoms with Crippen LogP contribution in [0.1, 0.15) is 62.0 Å². The van der Waals surface area contributed by atoms with Crippen LogP contribution in [-0.2, 0) is 23.9 Å². The Labute approximate surface area is 265 Å². The number of halogens is 1. The van der Waals surface area contributed by atoms with Crippen LogP contribution in [0, 0.1) is 6.92 Å². The van der Waals surface area contributed by atoms with Crippen molar-refractivity contribution >= 4 is 41.4 Å². The lowest BCUT2D eigenvalue weighted by Crippen LogP contribution is -2.56. The first-order chi connectivity index (χ1) is 21.5. The van der Waals surface area contributed by atoms with E-state index < -0.39 is 41.5 Å². The standard InChI is InChI=1S/C30H38ClN5O9/c1-4-43-28(41)30(11-6-12-30)45-24-18-23(33-36(24)20-8-7-19(3)21(31)17-20)26(39)32-22(9-10-25(37)38)27(40)34-13-15-35(16-14-34)29(42)44-5-2/h7-8,17-18,22H,4-6,9-16H2,1-3H3,(H,32,39)(H,37,38)/t22-/m0/s1. The molecule has 1 aromatic heterocycles. The topological polar surface area (TPSA) is 170 Å². The molecule has 1 saturated heterocycles. The van der Waals surface area contributed by atoms with Crippen molar-refractivity contribution in [3.05, 3.63) is 40.5 Å². The first kappa shape index (κ1) is 33.6. The Kier molecular flexibility index (Phi) is 10.9. The molecule has 0 radical (unpaired) electrons. The molecule has 1 aliphatic heterocycles. The largest absolute Gasteiger partial charge is 0.481 e. The molecule has 2 aromatic rings. The summed E-state index contributed by atoms with van der Waals surface area (Å²) in [6.07, 6.45) is 0.576. The fourth-order valence-electron chi connectivity index (χ4n) is 5.06. The minimum absolute atomic E-state index is 0.0938. The molecule has 1 aliphatic carbocycles. The number of aryl methyl sites for hydroxylation is 1. The van der Waals surface area contributed by atoms with E-state index in [0.717, 1.165) is 12.0 Å². The van der Waals surface area contributed by atoms with Gasteiger partial charge in [0, 0.05) is 43.7 Å². The van der Waals surface area contributed by atoms with Crippen LogP contribution in [0.25, 0.3) is 5.69 Å². The molecule has 45 heavy (non-hydrogen) atoms. The molecule has 15 heteroatoms. The Morgan fingerprint density at radius 1 is 1.02 bits per heavy atom. The number of nitrogens with zero attached hydrogens (tertiary/aromatic N) is 4. The second-order valence-corrected chi connectivity index (χ2v) is 11.3. The maximum Gasteiger partial charge on any atom is 0.409 e. The number of aromatic nitrogens is 2. The zero-order valence-electron chi connectivity index (χ0n) is 25.5. The van der Waals surface area contributed by atoms with Crippen LogP contribution >= 0.6 is 11.6 Å². The molecule has 244 valence electrons. The van der Waals surface area contributed by atoms with Crippen LogP contribution in [0.3, 0.4) is 0 Å². The van der Waals surface area contributed by atoms with Gasteiger partial charge in [0.2, 0.25) is 17.4 Å². The number of rotatable bonds is 12. The molecule has 1 aromatic carbocycles. The molecule has 2 N–H and O–H groups in total. The Balaban J connectivity index is 1.58. The number of carboxylic acids is 1. The third-order valence-corrected chi connectivity index (χ3v) is 8.19. The van der Waals surface area contributed by atoms with E-state index in [0.29, 0.717) is 23.6 Å². The van der Waals surface area contributed by atoms with E-state index in [4.69, 9.17) is 25.8 Å². The zero-order valence-corrected chi connectivity index (χ0v) is 26.3. The first-order valence-corrected chi connectivity index (χ1v) is 15.3. The number of carboxylic acid groups (broad SMARTS) is 1. The lowest BCUT2D eigenvalue weighted by Gasteiger charge is -2.38. The van der Waals surface area contributed by atoms with Crippen LogP contribution < -0.4 is 10.1 Å². The Morgan fingerprint density at radius 3 is 2.27 bits per heavy atom. The van der Waals surface area contributed by atoms with Crippen molar-refractivity contribution in [2.24, 2.45) is 0 Å². The summed E-state index contributed by atoms with van der Waals surface area (Å²) >= 11 is 6.37. The van der Waals surface area contributed by atoms with Gasteiger partial charge in [-0.1, -0.05) is 17.7 Å². The summed E-state index contributed by atoms with van der Waals surface area (Å²) in [5.74, 6) is -2.78. The van der Waals surface area contributed by atoms with E-state index in [1.54, 1.807) is 32.0 Å². The predicted octanol–water partition coefficient (Wildman–Crippen LogP) is 2.96. The Hall–Kier alpha value is -4.33. The number of piperazine rings is 1. The second kappa shape index (κ2) is 14.6. The monoisotopic (exact) mass is 647 g/mol. The van der Waals surface area contributed by atoms with Crippen molar-refractivity contribution in [3.8, 4) is 11.6 Å². The van der Waals surface area contributed by atoms with Crippen LogP contribution in [0.15, 0.2) is 24.3 Å². The van der Waals surface area contributed by atoms with Gasteiger partial charge in [-0.15, -0.1) is 0 Å².